The summed E-state index contributed by atoms with van der Waals surface area (Å²) in [5.41, 5.74) is 12.9. The van der Waals surface area contributed by atoms with Gasteiger partial charge in [-0.2, -0.15) is 4.57 Å². The van der Waals surface area contributed by atoms with Gasteiger partial charge in [0, 0.05) is 85.7 Å². The minimum atomic E-state index is -3.67. The number of aryl methyl sites for hydroxylation is 5. The highest BCUT2D eigenvalue weighted by Gasteiger charge is 2.38. The van der Waals surface area contributed by atoms with Gasteiger partial charge in [0.1, 0.15) is 22.7 Å². The number of hydrogen-bond donors (Lipinski definition) is 2. The lowest BCUT2D eigenvalue weighted by Gasteiger charge is -2.33. The van der Waals surface area contributed by atoms with Crippen LogP contribution in [-0.2, 0) is 31.4 Å². The lowest BCUT2D eigenvalue weighted by molar-refractivity contribution is -0.665. The van der Waals surface area contributed by atoms with Crippen LogP contribution in [0, 0.1) is 39.5 Å². The molecule has 1 fully saturated rings. The molecule has 3 aliphatic carbocycles. The third kappa shape index (κ3) is 17.3. The van der Waals surface area contributed by atoms with E-state index in [4.69, 9.17) is 4.18 Å². The number of rotatable bonds is 11. The van der Waals surface area contributed by atoms with E-state index in [0.717, 1.165) is 81.9 Å². The van der Waals surface area contributed by atoms with Gasteiger partial charge in [0.25, 0.3) is 5.01 Å². The van der Waals surface area contributed by atoms with Gasteiger partial charge >= 0.3 is 7.54 Å². The molecule has 446 valence electrons. The van der Waals surface area contributed by atoms with Gasteiger partial charge in [-0.05, 0) is 216 Å². The Morgan fingerprint density at radius 1 is 0.880 bits per heavy atom. The van der Waals surface area contributed by atoms with Crippen molar-refractivity contribution in [3.8, 4) is 11.5 Å². The second-order valence-electron chi connectivity index (χ2n) is 20.6. The molecule has 9 nitrogen and oxygen atoms in total. The third-order valence-corrected chi connectivity index (χ3v) is 23.9. The van der Waals surface area contributed by atoms with E-state index in [-0.39, 0.29) is 15.6 Å². The zero-order chi connectivity index (χ0) is 59.6. The molecule has 6 aromatic rings. The van der Waals surface area contributed by atoms with Crippen molar-refractivity contribution in [2.45, 2.75) is 133 Å². The molecule has 0 bridgehead atoms. The molecule has 2 atom stereocenters. The van der Waals surface area contributed by atoms with Crippen molar-refractivity contribution in [1.29, 1.82) is 0 Å². The predicted octanol–water partition coefficient (Wildman–Crippen LogP) is 15.1. The fourth-order valence-electron chi connectivity index (χ4n) is 11.1. The molecule has 0 amide bonds. The first kappa shape index (κ1) is 68.4. The standard InChI is InChI=1S/C32H35N2O2S4.C23H30O2.C6H4Br3NO2S.BF3.FH/c1-5-33-27-19-25(39-36-3)11-13-29(27)37-31(33)17-21-7-9-23-10-8-22(16-24(23)15-21)18-32-34(6-2)28-20-26(40(4)35)12-14-30(28)38-32;1-14-10-16(3)22(24)19(12-14)21(18-8-6-5-7-9-18)20-13-15(2)11-17(4)23(20)25;7-6(8,9)13(11,12)5-3-1-2-4-10-5;2-1(3)4;/h11-20,23H,5-10H2,1-4H3;10-13,18,21,24-25H,5-9H2,1-4H3;1-4H;;1H/q+1;;;;/p-1. The maximum absolute atomic E-state index is 12.1. The number of fused-ring (bicyclic) bond motifs is 3. The lowest BCUT2D eigenvalue weighted by Crippen LogP contribution is -3.00. The maximum Gasteiger partial charge on any atom is 0.762 e. The number of pyridine rings is 1. The molecule has 10 rings (SSSR count). The highest BCUT2D eigenvalue weighted by molar-refractivity contribution is 9.42. The van der Waals surface area contributed by atoms with Gasteiger partial charge in [-0.3, -0.25) is 17.2 Å². The second kappa shape index (κ2) is 30.8. The quantitative estimate of drug-likeness (QED) is 0.0426. The van der Waals surface area contributed by atoms with Crippen molar-refractivity contribution < 1.29 is 49.2 Å². The summed E-state index contributed by atoms with van der Waals surface area (Å²) in [6.45, 7) is 14.3. The first-order valence-corrected chi connectivity index (χ1v) is 34.9. The number of thiazole rings is 1. The molecule has 4 aliphatic rings. The van der Waals surface area contributed by atoms with E-state index in [1.165, 1.54) is 104 Å². The highest BCUT2D eigenvalue weighted by atomic mass is 80.0. The van der Waals surface area contributed by atoms with Crippen LogP contribution >= 0.6 is 82.9 Å². The van der Waals surface area contributed by atoms with Crippen LogP contribution in [0.25, 0.3) is 16.3 Å². The van der Waals surface area contributed by atoms with Crippen molar-refractivity contribution in [3.63, 3.8) is 0 Å². The van der Waals surface area contributed by atoms with E-state index in [0.29, 0.717) is 23.3 Å². The Hall–Kier alpha value is -3.74. The molecule has 0 saturated heterocycles. The smallest absolute Gasteiger partial charge is 0.762 e. The Kier molecular flexibility index (Phi) is 25.3. The predicted molar refractivity (Wildman–Crippen MR) is 346 cm³/mol. The Morgan fingerprint density at radius 3 is 2.08 bits per heavy atom. The van der Waals surface area contributed by atoms with E-state index in [1.807, 2.05) is 55.1 Å². The van der Waals surface area contributed by atoms with Crippen molar-refractivity contribution >= 4 is 133 Å². The van der Waals surface area contributed by atoms with Crippen LogP contribution in [0.1, 0.15) is 116 Å². The summed E-state index contributed by atoms with van der Waals surface area (Å²) in [7, 11) is -6.46. The number of hydrogen-bond acceptors (Lipinski definition) is 11. The van der Waals surface area contributed by atoms with Gasteiger partial charge in [0.2, 0.25) is 16.8 Å². The van der Waals surface area contributed by atoms with Crippen molar-refractivity contribution in [3.05, 3.63) is 163 Å². The molecule has 2 aromatic heterocycles. The fraction of sp³-hybridized carbons (Fsp3) is 0.377. The van der Waals surface area contributed by atoms with Crippen LogP contribution in [0.5, 0.6) is 11.5 Å². The minimum absolute atomic E-state index is 0. The van der Waals surface area contributed by atoms with E-state index in [2.05, 4.69) is 157 Å². The number of aromatic hydroxyl groups is 2. The van der Waals surface area contributed by atoms with Crippen LogP contribution < -0.4 is 14.2 Å². The number of alkyl halides is 3. The normalized spacial score (nSPS) is 17.4. The number of sulfone groups is 1. The minimum Gasteiger partial charge on any atom is -1.00 e. The number of aromatic nitrogens is 2. The van der Waals surface area contributed by atoms with Crippen LogP contribution in [-0.4, -0.2) is 56.8 Å². The van der Waals surface area contributed by atoms with E-state index in [9.17, 15) is 35.8 Å². The summed E-state index contributed by atoms with van der Waals surface area (Å²) in [6.07, 6.45) is 23.7. The number of anilines is 1. The van der Waals surface area contributed by atoms with Gasteiger partial charge in [0.15, 0.2) is 5.03 Å². The summed E-state index contributed by atoms with van der Waals surface area (Å²) in [5.74, 6) is 1.95. The number of halogens is 7. The number of phenols is 2. The van der Waals surface area contributed by atoms with Gasteiger partial charge in [-0.1, -0.05) is 96.0 Å². The molecule has 0 radical (unpaired) electrons. The largest absolute Gasteiger partial charge is 1.00 e. The number of phenolic OH excluding ortho intramolecular Hbond substituents is 2. The monoisotopic (exact) mass is 1420 g/mol. The molecule has 1 aliphatic heterocycles. The average Bonchev–Trinajstić information content (AvgIpc) is 4.24. The zero-order valence-corrected chi connectivity index (χ0v) is 56.4. The first-order valence-electron chi connectivity index (χ1n) is 27.1. The molecule has 83 heavy (non-hydrogen) atoms. The Balaban J connectivity index is 0.000000218. The number of benzene rings is 4. The second-order valence-corrected chi connectivity index (χ2v) is 35.5. The molecular weight excluding hydrogens is 1360 g/mol. The SMILES string of the molecule is CCN1/C(=C/C2=CC3=C/C(=C/c4sc5ccc(SOC)cc5[n+]4CC)CCC3CC2)Sc2ccc(S(C)=O)cc21.Cc1cc(C)c(O)c(C(c2cc(C)cc(C)c2O)C2CCCCC2)c1.FB(F)F.O=S(=O)(c1ccccn1)C(Br)(Br)Br.[F-]. The summed E-state index contributed by atoms with van der Waals surface area (Å²) in [6, 6.07) is 25.8. The van der Waals surface area contributed by atoms with Crippen LogP contribution in [0.2, 0.25) is 0 Å². The summed E-state index contributed by atoms with van der Waals surface area (Å²) in [4.78, 5) is 9.38. The van der Waals surface area contributed by atoms with Gasteiger partial charge in [-0.25, -0.2) is 13.4 Å². The summed E-state index contributed by atoms with van der Waals surface area (Å²) < 4.78 is 72.1. The maximum atomic E-state index is 12.1. The van der Waals surface area contributed by atoms with E-state index in [1.54, 1.807) is 25.5 Å². The lowest BCUT2D eigenvalue weighted by atomic mass is 9.72. The first-order chi connectivity index (χ1) is 38.9. The molecule has 2 N–H and O–H groups in total. The molecule has 4 aromatic carbocycles. The zero-order valence-electron chi connectivity index (χ0n) is 47.5. The van der Waals surface area contributed by atoms with Gasteiger partial charge in [0.05, 0.1) is 17.8 Å². The van der Waals surface area contributed by atoms with Gasteiger partial charge in [-0.15, -0.1) is 0 Å². The molecule has 1 saturated carbocycles. The van der Waals surface area contributed by atoms with Crippen molar-refractivity contribution in [1.82, 2.24) is 4.98 Å². The van der Waals surface area contributed by atoms with Crippen LogP contribution in [0.4, 0.5) is 18.6 Å². The Morgan fingerprint density at radius 2 is 1.52 bits per heavy atom. The number of thioether (sulfide) groups is 1. The number of allylic oxidation sites excluding steroid dienone is 6. The van der Waals surface area contributed by atoms with Crippen LogP contribution in [0.15, 0.2) is 145 Å². The average molecular weight is 1430 g/mol. The van der Waals surface area contributed by atoms with Gasteiger partial charge < -0.3 is 24.0 Å². The summed E-state index contributed by atoms with van der Waals surface area (Å²) in [5, 5.41) is 24.3. The van der Waals surface area contributed by atoms with E-state index < -0.39 is 29.7 Å². The molecular formula is C61H69BBr3F4N3O6S5. The summed E-state index contributed by atoms with van der Waals surface area (Å²) >= 11 is 13.9. The van der Waals surface area contributed by atoms with E-state index >= 15 is 0 Å². The van der Waals surface area contributed by atoms with Crippen LogP contribution in [0.3, 0.4) is 0 Å². The topological polar surface area (TPSA) is 121 Å². The molecule has 2 unspecified atom stereocenters. The fourth-order valence-corrected chi connectivity index (χ4v) is 16.7. The van der Waals surface area contributed by atoms with Crippen molar-refractivity contribution in [2.24, 2.45) is 11.8 Å². The number of nitrogens with zero attached hydrogens (tertiary/aromatic N) is 3. The Bertz CT molecular complexity index is 3460. The molecule has 22 heteroatoms. The molecule has 3 heterocycles. The molecule has 0 spiro atoms. The third-order valence-electron chi connectivity index (χ3n) is 14.9. The van der Waals surface area contributed by atoms with Crippen molar-refractivity contribution in [2.75, 3.05) is 24.8 Å². The Labute approximate surface area is 527 Å². The highest BCUT2D eigenvalue weighted by Crippen LogP contribution is 2.50.